The van der Waals surface area contributed by atoms with Crippen molar-refractivity contribution in [1.82, 2.24) is 20.0 Å². The van der Waals surface area contributed by atoms with Crippen LogP contribution in [0.4, 0.5) is 4.79 Å². The van der Waals surface area contributed by atoms with E-state index in [2.05, 4.69) is 30.8 Å². The fourth-order valence-electron chi connectivity index (χ4n) is 3.56. The molecule has 1 spiro atoms. The molecule has 0 unspecified atom stereocenters. The fraction of sp³-hybridized carbons (Fsp3) is 0.765. The van der Waals surface area contributed by atoms with Crippen LogP contribution in [0.5, 0.6) is 0 Å². The van der Waals surface area contributed by atoms with Crippen molar-refractivity contribution >= 4 is 11.9 Å². The summed E-state index contributed by atoms with van der Waals surface area (Å²) in [7, 11) is 2.12. The van der Waals surface area contributed by atoms with E-state index in [0.29, 0.717) is 26.1 Å². The lowest BCUT2D eigenvalue weighted by atomic mass is 9.86. The third kappa shape index (κ3) is 4.05. The van der Waals surface area contributed by atoms with Gasteiger partial charge in [0.1, 0.15) is 0 Å². The highest BCUT2D eigenvalue weighted by molar-refractivity contribution is 5.77. The molecule has 2 rings (SSSR count). The molecule has 1 atom stereocenters. The molecule has 0 aromatic carbocycles. The molecule has 3 amide bonds. The summed E-state index contributed by atoms with van der Waals surface area (Å²) in [6.07, 6.45) is 4.98. The lowest BCUT2D eigenvalue weighted by molar-refractivity contribution is -0.130. The number of nitrogens with zero attached hydrogens (tertiary/aromatic N) is 3. The molecule has 130 valence electrons. The molecule has 23 heavy (non-hydrogen) atoms. The van der Waals surface area contributed by atoms with Gasteiger partial charge in [-0.15, -0.1) is 6.58 Å². The molecule has 0 aliphatic carbocycles. The molecule has 6 heteroatoms. The van der Waals surface area contributed by atoms with Gasteiger partial charge in [-0.1, -0.05) is 13.0 Å². The summed E-state index contributed by atoms with van der Waals surface area (Å²) in [6.45, 7) is 10.2. The lowest BCUT2D eigenvalue weighted by Crippen LogP contribution is -2.63. The second kappa shape index (κ2) is 7.81. The van der Waals surface area contributed by atoms with Gasteiger partial charge in [0.15, 0.2) is 0 Å². The van der Waals surface area contributed by atoms with E-state index in [9.17, 15) is 9.59 Å². The van der Waals surface area contributed by atoms with Gasteiger partial charge >= 0.3 is 6.03 Å². The molecule has 2 aliphatic heterocycles. The van der Waals surface area contributed by atoms with Crippen LogP contribution in [0.2, 0.25) is 0 Å². The van der Waals surface area contributed by atoms with E-state index < -0.39 is 0 Å². The van der Waals surface area contributed by atoms with Crippen LogP contribution in [0.3, 0.4) is 0 Å². The minimum atomic E-state index is -0.0899. The Bertz CT molecular complexity index is 454. The predicted molar refractivity (Wildman–Crippen MR) is 91.3 cm³/mol. The third-order valence-electron chi connectivity index (χ3n) is 5.17. The van der Waals surface area contributed by atoms with Gasteiger partial charge in [-0.25, -0.2) is 4.79 Å². The number of urea groups is 1. The molecule has 2 aliphatic rings. The Morgan fingerprint density at radius 3 is 2.83 bits per heavy atom. The van der Waals surface area contributed by atoms with E-state index in [-0.39, 0.29) is 17.5 Å². The first-order valence-electron chi connectivity index (χ1n) is 8.65. The zero-order valence-corrected chi connectivity index (χ0v) is 14.5. The first-order valence-corrected chi connectivity index (χ1v) is 8.65. The number of carbonyl (C=O) groups is 2. The lowest BCUT2D eigenvalue weighted by Gasteiger charge is -2.49. The number of hydrogen-bond acceptors (Lipinski definition) is 3. The van der Waals surface area contributed by atoms with Crippen LogP contribution in [-0.4, -0.2) is 78.5 Å². The highest BCUT2D eigenvalue weighted by atomic mass is 16.2. The average molecular weight is 322 g/mol. The number of likely N-dealkylation sites (N-methyl/N-ethyl adjacent to an activating group) is 1. The van der Waals surface area contributed by atoms with E-state index in [4.69, 9.17) is 0 Å². The number of amides is 3. The third-order valence-corrected chi connectivity index (χ3v) is 5.17. The number of nitrogens with one attached hydrogen (secondary N) is 1. The number of rotatable bonds is 4. The largest absolute Gasteiger partial charge is 0.339 e. The van der Waals surface area contributed by atoms with Crippen molar-refractivity contribution in [2.24, 2.45) is 0 Å². The van der Waals surface area contributed by atoms with Gasteiger partial charge < -0.3 is 15.1 Å². The molecule has 2 saturated heterocycles. The summed E-state index contributed by atoms with van der Waals surface area (Å²) in [5.41, 5.74) is -0.0899. The van der Waals surface area contributed by atoms with Crippen LogP contribution >= 0.6 is 0 Å². The van der Waals surface area contributed by atoms with Crippen LogP contribution in [0.1, 0.15) is 32.6 Å². The van der Waals surface area contributed by atoms with Crippen LogP contribution in [0.15, 0.2) is 12.7 Å². The van der Waals surface area contributed by atoms with Gasteiger partial charge in [-0.05, 0) is 26.3 Å². The summed E-state index contributed by atoms with van der Waals surface area (Å²) >= 11 is 0. The van der Waals surface area contributed by atoms with Gasteiger partial charge in [-0.3, -0.25) is 9.69 Å². The summed E-state index contributed by atoms with van der Waals surface area (Å²) in [4.78, 5) is 30.7. The second-order valence-electron chi connectivity index (χ2n) is 6.68. The van der Waals surface area contributed by atoms with E-state index in [1.807, 2.05) is 9.80 Å². The Morgan fingerprint density at radius 1 is 1.35 bits per heavy atom. The van der Waals surface area contributed by atoms with Crippen LogP contribution < -0.4 is 5.32 Å². The highest BCUT2D eigenvalue weighted by Crippen LogP contribution is 2.32. The molecule has 0 saturated carbocycles. The molecular formula is C17H30N4O2. The topological polar surface area (TPSA) is 55.9 Å². The van der Waals surface area contributed by atoms with Crippen LogP contribution in [0, 0.1) is 0 Å². The first-order chi connectivity index (χ1) is 11.0. The minimum absolute atomic E-state index is 0.0258. The van der Waals surface area contributed by atoms with E-state index in [1.165, 1.54) is 0 Å². The Kier molecular flexibility index (Phi) is 6.04. The zero-order valence-electron chi connectivity index (χ0n) is 14.5. The highest BCUT2D eigenvalue weighted by Gasteiger charge is 2.43. The molecule has 0 aromatic heterocycles. The van der Waals surface area contributed by atoms with E-state index in [1.54, 1.807) is 6.08 Å². The summed E-state index contributed by atoms with van der Waals surface area (Å²) in [5.74, 6) is 0.197. The van der Waals surface area contributed by atoms with Crippen molar-refractivity contribution in [2.75, 3.05) is 46.3 Å². The smallest absolute Gasteiger partial charge is 0.317 e. The maximum atomic E-state index is 12.3. The van der Waals surface area contributed by atoms with Crippen molar-refractivity contribution in [3.05, 3.63) is 12.7 Å². The van der Waals surface area contributed by atoms with E-state index >= 15 is 0 Å². The van der Waals surface area contributed by atoms with Gasteiger partial charge in [0.2, 0.25) is 5.91 Å². The zero-order chi connectivity index (χ0) is 16.9. The Hall–Kier alpha value is -1.56. The molecule has 0 radical (unpaired) electrons. The van der Waals surface area contributed by atoms with Crippen molar-refractivity contribution in [3.63, 3.8) is 0 Å². The average Bonchev–Trinajstić information content (AvgIpc) is 2.70. The maximum Gasteiger partial charge on any atom is 0.317 e. The van der Waals surface area contributed by atoms with E-state index in [0.717, 1.165) is 38.9 Å². The predicted octanol–water partition coefficient (Wildman–Crippen LogP) is 1.29. The number of piperazine rings is 1. The number of carbonyl (C=O) groups excluding carboxylic acids is 2. The molecule has 6 nitrogen and oxygen atoms in total. The first kappa shape index (κ1) is 17.8. The van der Waals surface area contributed by atoms with Gasteiger partial charge in [0.25, 0.3) is 0 Å². The Balaban J connectivity index is 2.07. The molecule has 0 aromatic rings. The number of hydrogen-bond donors (Lipinski definition) is 1. The summed E-state index contributed by atoms with van der Waals surface area (Å²) in [6, 6.07) is 0.0258. The minimum Gasteiger partial charge on any atom is -0.339 e. The van der Waals surface area contributed by atoms with Crippen molar-refractivity contribution < 1.29 is 9.59 Å². The quantitative estimate of drug-likeness (QED) is 0.794. The van der Waals surface area contributed by atoms with Crippen molar-refractivity contribution in [1.29, 1.82) is 0 Å². The normalized spacial score (nSPS) is 26.3. The SMILES string of the molecule is C=CCN1CC[C@]2(CCC1=O)CN(C(=O)NCCC)CCN2C. The molecular weight excluding hydrogens is 292 g/mol. The Labute approximate surface area is 139 Å². The summed E-state index contributed by atoms with van der Waals surface area (Å²) < 4.78 is 0. The molecule has 2 heterocycles. The van der Waals surface area contributed by atoms with Gasteiger partial charge in [-0.2, -0.15) is 0 Å². The fourth-order valence-corrected chi connectivity index (χ4v) is 3.56. The van der Waals surface area contributed by atoms with Crippen LogP contribution in [-0.2, 0) is 4.79 Å². The monoisotopic (exact) mass is 322 g/mol. The van der Waals surface area contributed by atoms with Crippen molar-refractivity contribution in [2.45, 2.75) is 38.1 Å². The van der Waals surface area contributed by atoms with Gasteiger partial charge in [0.05, 0.1) is 0 Å². The second-order valence-corrected chi connectivity index (χ2v) is 6.68. The van der Waals surface area contributed by atoms with Crippen LogP contribution in [0.25, 0.3) is 0 Å². The molecule has 2 fully saturated rings. The maximum absolute atomic E-state index is 12.3. The molecule has 0 bridgehead atoms. The number of likely N-dealkylation sites (tertiary alicyclic amines) is 1. The van der Waals surface area contributed by atoms with Gasteiger partial charge in [0, 0.05) is 51.2 Å². The van der Waals surface area contributed by atoms with Crippen molar-refractivity contribution in [3.8, 4) is 0 Å². The Morgan fingerprint density at radius 2 is 2.13 bits per heavy atom. The molecule has 1 N–H and O–H groups in total. The summed E-state index contributed by atoms with van der Waals surface area (Å²) in [5, 5.41) is 2.97. The standard InChI is InChI=1S/C17H30N4O2/c1-4-9-18-16(23)21-13-12-19(3)17(14-21)7-6-15(22)20(10-5-2)11-8-17/h5H,2,4,6-14H2,1,3H3,(H,18,23)/t17-/m1/s1.